The molecule has 19 heavy (non-hydrogen) atoms. The van der Waals surface area contributed by atoms with Crippen LogP contribution in [-0.4, -0.2) is 44.6 Å². The number of hydrogen-bond acceptors (Lipinski definition) is 6. The number of ether oxygens (including phenoxy) is 1. The van der Waals surface area contributed by atoms with Gasteiger partial charge in [-0.25, -0.2) is 0 Å². The lowest BCUT2D eigenvalue weighted by Crippen LogP contribution is -2.49. The van der Waals surface area contributed by atoms with Crippen LogP contribution in [0.1, 0.15) is 32.6 Å². The molecular weight excluding hydrogens is 272 g/mol. The van der Waals surface area contributed by atoms with Crippen molar-refractivity contribution >= 4 is 16.1 Å². The monoisotopic (exact) mass is 292 g/mol. The van der Waals surface area contributed by atoms with Crippen molar-refractivity contribution in [1.82, 2.24) is 0 Å². The smallest absolute Gasteiger partial charge is 0.311 e. The molecule has 0 heterocycles. The number of fused-ring (bicyclic) bond motifs is 1. The van der Waals surface area contributed by atoms with Crippen LogP contribution in [-0.2, 0) is 23.8 Å². The molecule has 0 saturated heterocycles. The molecule has 0 aromatic rings. The summed E-state index contributed by atoms with van der Waals surface area (Å²) in [6.07, 6.45) is 2.23. The highest BCUT2D eigenvalue weighted by atomic mass is 32.2. The molecule has 0 amide bonds. The van der Waals surface area contributed by atoms with Crippen molar-refractivity contribution in [1.29, 1.82) is 0 Å². The van der Waals surface area contributed by atoms with E-state index in [4.69, 9.17) is 8.92 Å². The highest BCUT2D eigenvalue weighted by Crippen LogP contribution is 2.60. The van der Waals surface area contributed by atoms with Gasteiger partial charge in [0.1, 0.15) is 0 Å². The number of aliphatic hydroxyl groups is 1. The second kappa shape index (κ2) is 4.43. The molecule has 0 aromatic heterocycles. The molecule has 0 bridgehead atoms. The standard InChI is InChI=1S/C12H20O6S/c1-11-6-4-8(10(13)17-2)12(11,14)7-5-9(11)18-19(3,15)16/h8-9,14H,4-7H2,1-3H3/t8-,9+,11-,12+/m1/s1. The number of hydrogen-bond donors (Lipinski definition) is 1. The average molecular weight is 292 g/mol. The SMILES string of the molecule is COC(=O)[C@H]1CC[C@]2(C)[C@@H](OS(C)(=O)=O)CC[C@]12O. The molecule has 2 aliphatic carbocycles. The summed E-state index contributed by atoms with van der Waals surface area (Å²) in [6.45, 7) is 1.79. The van der Waals surface area contributed by atoms with E-state index in [2.05, 4.69) is 0 Å². The molecule has 0 unspecified atom stereocenters. The number of carbonyl (C=O) groups is 1. The molecule has 6 nitrogen and oxygen atoms in total. The predicted molar refractivity (Wildman–Crippen MR) is 66.7 cm³/mol. The quantitative estimate of drug-likeness (QED) is 0.600. The predicted octanol–water partition coefficient (Wildman–Crippen LogP) is 0.445. The van der Waals surface area contributed by atoms with Gasteiger partial charge in [-0.15, -0.1) is 0 Å². The van der Waals surface area contributed by atoms with E-state index in [9.17, 15) is 18.3 Å². The Morgan fingerprint density at radius 2 is 1.95 bits per heavy atom. The van der Waals surface area contributed by atoms with E-state index in [1.165, 1.54) is 7.11 Å². The zero-order valence-corrected chi connectivity index (χ0v) is 12.2. The van der Waals surface area contributed by atoms with Gasteiger partial charge in [-0.2, -0.15) is 8.42 Å². The van der Waals surface area contributed by atoms with Crippen LogP contribution in [0.3, 0.4) is 0 Å². The molecule has 0 spiro atoms. The zero-order chi connectivity index (χ0) is 14.5. The first-order chi connectivity index (χ1) is 8.64. The van der Waals surface area contributed by atoms with Crippen molar-refractivity contribution in [3.8, 4) is 0 Å². The lowest BCUT2D eigenvalue weighted by Gasteiger charge is -2.38. The fraction of sp³-hybridized carbons (Fsp3) is 0.917. The maximum atomic E-state index is 11.8. The van der Waals surface area contributed by atoms with Crippen LogP contribution in [0.4, 0.5) is 0 Å². The minimum atomic E-state index is -3.58. The van der Waals surface area contributed by atoms with Gasteiger partial charge in [0, 0.05) is 5.41 Å². The van der Waals surface area contributed by atoms with Crippen LogP contribution in [0.25, 0.3) is 0 Å². The minimum absolute atomic E-state index is 0.351. The van der Waals surface area contributed by atoms with Gasteiger partial charge in [-0.1, -0.05) is 6.92 Å². The van der Waals surface area contributed by atoms with E-state index in [-0.39, 0.29) is 0 Å². The fourth-order valence-electron chi connectivity index (χ4n) is 3.69. The first-order valence-corrected chi connectivity index (χ1v) is 8.14. The molecule has 0 radical (unpaired) electrons. The molecule has 2 aliphatic rings. The molecule has 7 heteroatoms. The van der Waals surface area contributed by atoms with Gasteiger partial charge in [-0.3, -0.25) is 8.98 Å². The molecule has 2 fully saturated rings. The molecule has 4 atom stereocenters. The van der Waals surface area contributed by atoms with E-state index in [0.717, 1.165) is 6.26 Å². The van der Waals surface area contributed by atoms with Gasteiger partial charge in [0.25, 0.3) is 10.1 Å². The van der Waals surface area contributed by atoms with E-state index in [0.29, 0.717) is 25.7 Å². The normalized spacial score (nSPS) is 42.1. The zero-order valence-electron chi connectivity index (χ0n) is 11.4. The lowest BCUT2D eigenvalue weighted by atomic mass is 9.74. The van der Waals surface area contributed by atoms with Crippen molar-refractivity contribution in [3.05, 3.63) is 0 Å². The van der Waals surface area contributed by atoms with Crippen LogP contribution in [0.5, 0.6) is 0 Å². The molecule has 0 aliphatic heterocycles. The van der Waals surface area contributed by atoms with Crippen molar-refractivity contribution in [2.45, 2.75) is 44.3 Å². The third kappa shape index (κ3) is 2.17. The Kier molecular flexibility index (Phi) is 3.43. The number of rotatable bonds is 3. The van der Waals surface area contributed by atoms with Crippen LogP contribution in [0.15, 0.2) is 0 Å². The van der Waals surface area contributed by atoms with Gasteiger partial charge < -0.3 is 9.84 Å². The number of esters is 1. The van der Waals surface area contributed by atoms with Crippen LogP contribution in [0.2, 0.25) is 0 Å². The first-order valence-electron chi connectivity index (χ1n) is 6.32. The topological polar surface area (TPSA) is 89.9 Å². The molecule has 110 valence electrons. The van der Waals surface area contributed by atoms with Crippen molar-refractivity contribution < 1.29 is 27.2 Å². The second-order valence-electron chi connectivity index (χ2n) is 5.78. The highest BCUT2D eigenvalue weighted by Gasteiger charge is 2.66. The minimum Gasteiger partial charge on any atom is -0.469 e. The third-order valence-corrected chi connectivity index (χ3v) is 5.37. The number of carbonyl (C=O) groups excluding carboxylic acids is 1. The van der Waals surface area contributed by atoms with Gasteiger partial charge in [0.2, 0.25) is 0 Å². The third-order valence-electron chi connectivity index (χ3n) is 4.79. The Balaban J connectivity index is 2.29. The Labute approximate surface area is 113 Å². The molecule has 2 saturated carbocycles. The summed E-state index contributed by atoms with van der Waals surface area (Å²) in [6, 6.07) is 0. The summed E-state index contributed by atoms with van der Waals surface area (Å²) < 4.78 is 32.4. The summed E-state index contributed by atoms with van der Waals surface area (Å²) in [5.41, 5.74) is -1.97. The molecule has 1 N–H and O–H groups in total. The Morgan fingerprint density at radius 3 is 2.47 bits per heavy atom. The first kappa shape index (κ1) is 14.7. The molecule has 0 aromatic carbocycles. The van der Waals surface area contributed by atoms with Gasteiger partial charge >= 0.3 is 5.97 Å². The summed E-state index contributed by atoms with van der Waals surface area (Å²) in [5, 5.41) is 10.8. The second-order valence-corrected chi connectivity index (χ2v) is 7.38. The van der Waals surface area contributed by atoms with Crippen LogP contribution >= 0.6 is 0 Å². The van der Waals surface area contributed by atoms with Crippen LogP contribution in [0, 0.1) is 11.3 Å². The van der Waals surface area contributed by atoms with E-state index < -0.39 is 39.1 Å². The summed E-state index contributed by atoms with van der Waals surface area (Å²) in [7, 11) is -2.29. The van der Waals surface area contributed by atoms with E-state index >= 15 is 0 Å². The van der Waals surface area contributed by atoms with Crippen LogP contribution < -0.4 is 0 Å². The maximum absolute atomic E-state index is 11.8. The van der Waals surface area contributed by atoms with Gasteiger partial charge in [0.05, 0.1) is 31.0 Å². The highest BCUT2D eigenvalue weighted by molar-refractivity contribution is 7.86. The van der Waals surface area contributed by atoms with E-state index in [1.807, 2.05) is 0 Å². The summed E-state index contributed by atoms with van der Waals surface area (Å²) in [4.78, 5) is 11.8. The van der Waals surface area contributed by atoms with Crippen molar-refractivity contribution in [2.75, 3.05) is 13.4 Å². The molecular formula is C12H20O6S. The molecule has 2 rings (SSSR count). The lowest BCUT2D eigenvalue weighted by molar-refractivity contribution is -0.159. The summed E-state index contributed by atoms with van der Waals surface area (Å²) in [5.74, 6) is -1.04. The van der Waals surface area contributed by atoms with Gasteiger partial charge in [-0.05, 0) is 25.7 Å². The Bertz CT molecular complexity index is 486. The largest absolute Gasteiger partial charge is 0.469 e. The fourth-order valence-corrected chi connectivity index (χ4v) is 4.42. The van der Waals surface area contributed by atoms with Gasteiger partial charge in [0.15, 0.2) is 0 Å². The Hall–Kier alpha value is -0.660. The van der Waals surface area contributed by atoms with Crippen molar-refractivity contribution in [2.24, 2.45) is 11.3 Å². The summed E-state index contributed by atoms with van der Waals surface area (Å²) >= 11 is 0. The average Bonchev–Trinajstić information content (AvgIpc) is 2.68. The Morgan fingerprint density at radius 1 is 1.32 bits per heavy atom. The van der Waals surface area contributed by atoms with Crippen molar-refractivity contribution in [3.63, 3.8) is 0 Å². The van der Waals surface area contributed by atoms with E-state index in [1.54, 1.807) is 6.92 Å². The maximum Gasteiger partial charge on any atom is 0.311 e. The number of methoxy groups -OCH3 is 1.